The second-order valence-electron chi connectivity index (χ2n) is 5.74. The van der Waals surface area contributed by atoms with Crippen LogP contribution in [0.5, 0.6) is 0 Å². The van der Waals surface area contributed by atoms with Gasteiger partial charge in [0.1, 0.15) is 0 Å². The van der Waals surface area contributed by atoms with Crippen LogP contribution in [0, 0.1) is 5.92 Å². The van der Waals surface area contributed by atoms with Gasteiger partial charge in [0.05, 0.1) is 18.3 Å². The molecule has 3 heteroatoms. The normalized spacial score (nSPS) is 24.9. The summed E-state index contributed by atoms with van der Waals surface area (Å²) in [5.41, 5.74) is -0.0514. The summed E-state index contributed by atoms with van der Waals surface area (Å²) in [6, 6.07) is 0. The lowest BCUT2D eigenvalue weighted by molar-refractivity contribution is -0.120. The number of ether oxygens (including phenoxy) is 2. The third-order valence-electron chi connectivity index (χ3n) is 2.78. The van der Waals surface area contributed by atoms with Crippen LogP contribution < -0.4 is 5.32 Å². The Balaban J connectivity index is 2.04. The van der Waals surface area contributed by atoms with Gasteiger partial charge in [-0.25, -0.2) is 0 Å². The van der Waals surface area contributed by atoms with E-state index in [1.165, 1.54) is 6.42 Å². The van der Waals surface area contributed by atoms with E-state index in [9.17, 15) is 0 Å². The van der Waals surface area contributed by atoms with Crippen molar-refractivity contribution in [3.8, 4) is 0 Å². The molecule has 0 aliphatic carbocycles. The molecular formula is C13H27NO2. The fourth-order valence-corrected chi connectivity index (χ4v) is 1.97. The Labute approximate surface area is 99.9 Å². The predicted octanol–water partition coefficient (Wildman–Crippen LogP) is 2.21. The molecule has 1 heterocycles. The SMILES string of the molecule is CC(C)CCCOCC1CNCC(C)(C)O1. The molecule has 96 valence electrons. The van der Waals surface area contributed by atoms with Crippen molar-refractivity contribution < 1.29 is 9.47 Å². The smallest absolute Gasteiger partial charge is 0.0940 e. The van der Waals surface area contributed by atoms with Gasteiger partial charge in [-0.2, -0.15) is 0 Å². The molecule has 0 aromatic heterocycles. The van der Waals surface area contributed by atoms with E-state index in [4.69, 9.17) is 9.47 Å². The molecule has 0 amide bonds. The Hall–Kier alpha value is -0.120. The fraction of sp³-hybridized carbons (Fsp3) is 1.00. The molecule has 1 atom stereocenters. The first kappa shape index (κ1) is 13.9. The molecule has 0 saturated carbocycles. The number of hydrogen-bond donors (Lipinski definition) is 1. The molecular weight excluding hydrogens is 202 g/mol. The molecule has 1 fully saturated rings. The zero-order valence-corrected chi connectivity index (χ0v) is 11.2. The zero-order valence-electron chi connectivity index (χ0n) is 11.2. The van der Waals surface area contributed by atoms with Crippen molar-refractivity contribution in [1.82, 2.24) is 5.32 Å². The summed E-state index contributed by atoms with van der Waals surface area (Å²) in [5, 5.41) is 3.38. The number of morpholine rings is 1. The highest BCUT2D eigenvalue weighted by atomic mass is 16.5. The van der Waals surface area contributed by atoms with Gasteiger partial charge < -0.3 is 14.8 Å². The average molecular weight is 229 g/mol. The zero-order chi connectivity index (χ0) is 12.0. The second kappa shape index (κ2) is 6.58. The van der Waals surface area contributed by atoms with Crippen molar-refractivity contribution in [3.63, 3.8) is 0 Å². The quantitative estimate of drug-likeness (QED) is 0.708. The predicted molar refractivity (Wildman–Crippen MR) is 66.7 cm³/mol. The Morgan fingerprint density at radius 1 is 1.44 bits per heavy atom. The molecule has 1 unspecified atom stereocenters. The summed E-state index contributed by atoms with van der Waals surface area (Å²) in [6.45, 7) is 12.1. The molecule has 3 nitrogen and oxygen atoms in total. The van der Waals surface area contributed by atoms with Crippen LogP contribution >= 0.6 is 0 Å². The van der Waals surface area contributed by atoms with Crippen molar-refractivity contribution in [1.29, 1.82) is 0 Å². The van der Waals surface area contributed by atoms with Gasteiger partial charge in [-0.05, 0) is 32.6 Å². The molecule has 1 saturated heterocycles. The Morgan fingerprint density at radius 2 is 2.19 bits per heavy atom. The summed E-state index contributed by atoms with van der Waals surface area (Å²) in [4.78, 5) is 0. The van der Waals surface area contributed by atoms with Gasteiger partial charge in [0.25, 0.3) is 0 Å². The van der Waals surface area contributed by atoms with E-state index in [0.29, 0.717) is 6.61 Å². The summed E-state index contributed by atoms with van der Waals surface area (Å²) in [5.74, 6) is 0.773. The van der Waals surface area contributed by atoms with E-state index in [0.717, 1.165) is 32.0 Å². The maximum absolute atomic E-state index is 5.91. The monoisotopic (exact) mass is 229 g/mol. The second-order valence-corrected chi connectivity index (χ2v) is 5.74. The van der Waals surface area contributed by atoms with Crippen molar-refractivity contribution in [2.75, 3.05) is 26.3 Å². The lowest BCUT2D eigenvalue weighted by Crippen LogP contribution is -2.51. The number of hydrogen-bond acceptors (Lipinski definition) is 3. The van der Waals surface area contributed by atoms with Gasteiger partial charge in [-0.3, -0.25) is 0 Å². The summed E-state index contributed by atoms with van der Waals surface area (Å²) in [6.07, 6.45) is 2.61. The van der Waals surface area contributed by atoms with E-state index in [2.05, 4.69) is 33.0 Å². The first-order valence-electron chi connectivity index (χ1n) is 6.46. The van der Waals surface area contributed by atoms with Crippen LogP contribution in [-0.2, 0) is 9.47 Å². The number of rotatable bonds is 6. The Bertz CT molecular complexity index is 192. The summed E-state index contributed by atoms with van der Waals surface area (Å²) >= 11 is 0. The highest BCUT2D eigenvalue weighted by Gasteiger charge is 2.28. The van der Waals surface area contributed by atoms with E-state index >= 15 is 0 Å². The van der Waals surface area contributed by atoms with Gasteiger partial charge in [-0.15, -0.1) is 0 Å². The average Bonchev–Trinajstić information content (AvgIpc) is 2.15. The van der Waals surface area contributed by atoms with Gasteiger partial charge in [-0.1, -0.05) is 13.8 Å². The number of nitrogens with one attached hydrogen (secondary N) is 1. The van der Waals surface area contributed by atoms with Crippen molar-refractivity contribution >= 4 is 0 Å². The molecule has 0 aromatic rings. The Kier molecular flexibility index (Phi) is 5.73. The third kappa shape index (κ3) is 5.83. The molecule has 0 spiro atoms. The largest absolute Gasteiger partial charge is 0.379 e. The van der Waals surface area contributed by atoms with E-state index in [1.54, 1.807) is 0 Å². The van der Waals surface area contributed by atoms with Crippen LogP contribution in [-0.4, -0.2) is 38.0 Å². The van der Waals surface area contributed by atoms with Gasteiger partial charge in [0.15, 0.2) is 0 Å². The minimum atomic E-state index is -0.0514. The first-order chi connectivity index (χ1) is 7.49. The van der Waals surface area contributed by atoms with E-state index < -0.39 is 0 Å². The summed E-state index contributed by atoms with van der Waals surface area (Å²) < 4.78 is 11.6. The highest BCUT2D eigenvalue weighted by molar-refractivity contribution is 4.81. The topological polar surface area (TPSA) is 30.5 Å². The van der Waals surface area contributed by atoms with E-state index in [1.807, 2.05) is 0 Å². The van der Waals surface area contributed by atoms with Crippen molar-refractivity contribution in [2.45, 2.75) is 52.2 Å². The minimum absolute atomic E-state index is 0.0514. The van der Waals surface area contributed by atoms with Crippen molar-refractivity contribution in [2.24, 2.45) is 5.92 Å². The van der Waals surface area contributed by atoms with Crippen LogP contribution in [0.4, 0.5) is 0 Å². The standard InChI is InChI=1S/C13H27NO2/c1-11(2)6-5-7-15-9-12-8-14-10-13(3,4)16-12/h11-12,14H,5-10H2,1-4H3. The lowest BCUT2D eigenvalue weighted by Gasteiger charge is -2.36. The molecule has 1 aliphatic heterocycles. The van der Waals surface area contributed by atoms with Crippen LogP contribution in [0.3, 0.4) is 0 Å². The van der Waals surface area contributed by atoms with Crippen LogP contribution in [0.15, 0.2) is 0 Å². The highest BCUT2D eigenvalue weighted by Crippen LogP contribution is 2.15. The van der Waals surface area contributed by atoms with Crippen LogP contribution in [0.1, 0.15) is 40.5 Å². The molecule has 16 heavy (non-hydrogen) atoms. The summed E-state index contributed by atoms with van der Waals surface area (Å²) in [7, 11) is 0. The molecule has 0 radical (unpaired) electrons. The molecule has 0 bridgehead atoms. The molecule has 0 aromatic carbocycles. The molecule has 1 aliphatic rings. The minimum Gasteiger partial charge on any atom is -0.379 e. The third-order valence-corrected chi connectivity index (χ3v) is 2.78. The maximum Gasteiger partial charge on any atom is 0.0940 e. The molecule has 1 N–H and O–H groups in total. The van der Waals surface area contributed by atoms with Crippen molar-refractivity contribution in [3.05, 3.63) is 0 Å². The van der Waals surface area contributed by atoms with Gasteiger partial charge >= 0.3 is 0 Å². The Morgan fingerprint density at radius 3 is 2.81 bits per heavy atom. The first-order valence-corrected chi connectivity index (χ1v) is 6.46. The fourth-order valence-electron chi connectivity index (χ4n) is 1.97. The van der Waals surface area contributed by atoms with Crippen LogP contribution in [0.25, 0.3) is 0 Å². The van der Waals surface area contributed by atoms with Crippen LogP contribution in [0.2, 0.25) is 0 Å². The lowest BCUT2D eigenvalue weighted by atomic mass is 10.1. The molecule has 1 rings (SSSR count). The van der Waals surface area contributed by atoms with E-state index in [-0.39, 0.29) is 11.7 Å². The van der Waals surface area contributed by atoms with Gasteiger partial charge in [0.2, 0.25) is 0 Å². The maximum atomic E-state index is 5.91. The van der Waals surface area contributed by atoms with Gasteiger partial charge in [0, 0.05) is 19.7 Å².